The number of benzene rings is 2. The highest BCUT2D eigenvalue weighted by molar-refractivity contribution is 7.86. The third-order valence-electron chi connectivity index (χ3n) is 5.68. The number of primary amides is 1. The zero-order valence-corrected chi connectivity index (χ0v) is 22.5. The van der Waals surface area contributed by atoms with E-state index >= 15 is 0 Å². The highest BCUT2D eigenvalue weighted by Crippen LogP contribution is 2.26. The van der Waals surface area contributed by atoms with Crippen molar-refractivity contribution in [1.82, 2.24) is 15.3 Å². The van der Waals surface area contributed by atoms with Crippen LogP contribution in [0.4, 0.5) is 17.5 Å². The van der Waals surface area contributed by atoms with Gasteiger partial charge in [-0.25, -0.2) is 4.98 Å². The van der Waals surface area contributed by atoms with Gasteiger partial charge in [0.05, 0.1) is 17.4 Å². The summed E-state index contributed by atoms with van der Waals surface area (Å²) < 4.78 is 28.6. The largest absolute Gasteiger partial charge is 0.382 e. The molecular weight excluding hydrogens is 508 g/mol. The maximum Gasteiger partial charge on any atom is 0.306 e. The van der Waals surface area contributed by atoms with Gasteiger partial charge in [-0.15, -0.1) is 0 Å². The second-order valence-corrected chi connectivity index (χ2v) is 10.7. The van der Waals surface area contributed by atoms with Crippen molar-refractivity contribution in [2.24, 2.45) is 11.7 Å². The molecule has 0 aliphatic heterocycles. The van der Waals surface area contributed by atoms with Gasteiger partial charge in [0.15, 0.2) is 5.75 Å². The lowest BCUT2D eigenvalue weighted by Gasteiger charge is -2.20. The number of anilines is 3. The Labute approximate surface area is 222 Å². The normalized spacial score (nSPS) is 12.0. The lowest BCUT2D eigenvalue weighted by molar-refractivity contribution is 0.0951. The van der Waals surface area contributed by atoms with Crippen molar-refractivity contribution in [2.45, 2.75) is 33.2 Å². The molecule has 0 bridgehead atoms. The third-order valence-corrected chi connectivity index (χ3v) is 6.16. The van der Waals surface area contributed by atoms with Gasteiger partial charge in [-0.2, -0.15) is 13.4 Å². The van der Waals surface area contributed by atoms with E-state index in [0.717, 1.165) is 11.8 Å². The van der Waals surface area contributed by atoms with Crippen molar-refractivity contribution in [3.63, 3.8) is 0 Å². The molecule has 2 aromatic carbocycles. The van der Waals surface area contributed by atoms with E-state index in [4.69, 9.17) is 9.92 Å². The average Bonchev–Trinajstić information content (AvgIpc) is 2.84. The predicted molar refractivity (Wildman–Crippen MR) is 146 cm³/mol. The quantitative estimate of drug-likeness (QED) is 0.253. The number of hydrogen-bond acceptors (Lipinski definition) is 9. The molecule has 3 aromatic rings. The van der Waals surface area contributed by atoms with Crippen molar-refractivity contribution in [1.29, 1.82) is 0 Å². The van der Waals surface area contributed by atoms with Crippen molar-refractivity contribution in [3.8, 4) is 5.75 Å². The lowest BCUT2D eigenvalue weighted by Crippen LogP contribution is -2.26. The Hall–Kier alpha value is -4.19. The van der Waals surface area contributed by atoms with Crippen LogP contribution in [0.15, 0.2) is 54.7 Å². The van der Waals surface area contributed by atoms with Crippen LogP contribution >= 0.6 is 0 Å². The fourth-order valence-corrected chi connectivity index (χ4v) is 3.80. The number of nitrogens with one attached hydrogen (secondary N) is 3. The molecule has 11 nitrogen and oxygen atoms in total. The third kappa shape index (κ3) is 8.17. The van der Waals surface area contributed by atoms with Crippen LogP contribution in [0, 0.1) is 5.92 Å². The van der Waals surface area contributed by atoms with Crippen LogP contribution in [0.5, 0.6) is 5.75 Å². The zero-order valence-electron chi connectivity index (χ0n) is 21.7. The highest BCUT2D eigenvalue weighted by Gasteiger charge is 2.19. The molecule has 202 valence electrons. The van der Waals surface area contributed by atoms with Crippen LogP contribution in [0.2, 0.25) is 0 Å². The standard InChI is InChI=1S/C26H32N6O5S/c1-16(2)17(3)30-24-21(23(27)33)15-29-26(32-24)31-19-10-11-22(37-38(4,35)36)20(14-19)25(34)28-13-12-18-8-6-5-7-9-18/h5-11,14-17H,12-13H2,1-4H3,(H2,27,33)(H,28,34)(H2,29,30,31,32)/t17-/m1/s1. The summed E-state index contributed by atoms with van der Waals surface area (Å²) in [6.07, 6.45) is 2.81. The molecule has 1 atom stereocenters. The van der Waals surface area contributed by atoms with E-state index in [1.54, 1.807) is 0 Å². The maximum atomic E-state index is 13.0. The van der Waals surface area contributed by atoms with Gasteiger partial charge in [-0.1, -0.05) is 44.2 Å². The van der Waals surface area contributed by atoms with Crippen molar-refractivity contribution in [2.75, 3.05) is 23.4 Å². The fourth-order valence-electron chi connectivity index (χ4n) is 3.33. The van der Waals surface area contributed by atoms with Crippen molar-refractivity contribution < 1.29 is 22.2 Å². The fraction of sp³-hybridized carbons (Fsp3) is 0.308. The average molecular weight is 541 g/mol. The molecule has 0 aliphatic carbocycles. The maximum absolute atomic E-state index is 13.0. The molecule has 38 heavy (non-hydrogen) atoms. The van der Waals surface area contributed by atoms with Gasteiger partial charge >= 0.3 is 10.1 Å². The SMILES string of the molecule is CC(C)[C@@H](C)Nc1nc(Nc2ccc(OS(C)(=O)=O)c(C(=O)NCCc3ccccc3)c2)ncc1C(N)=O. The van der Waals surface area contributed by atoms with Gasteiger partial charge < -0.3 is 25.9 Å². The number of rotatable bonds is 12. The first-order valence-corrected chi connectivity index (χ1v) is 13.8. The molecule has 0 saturated heterocycles. The summed E-state index contributed by atoms with van der Waals surface area (Å²) in [6.45, 7) is 6.33. The number of amides is 2. The second-order valence-electron chi connectivity index (χ2n) is 9.11. The molecule has 0 unspecified atom stereocenters. The molecule has 1 heterocycles. The molecule has 0 spiro atoms. The molecule has 12 heteroatoms. The number of nitrogens with zero attached hydrogens (tertiary/aromatic N) is 2. The van der Waals surface area contributed by atoms with E-state index in [9.17, 15) is 18.0 Å². The van der Waals surface area contributed by atoms with Crippen molar-refractivity contribution >= 4 is 39.4 Å². The van der Waals surface area contributed by atoms with E-state index in [2.05, 4.69) is 25.9 Å². The summed E-state index contributed by atoms with van der Waals surface area (Å²) in [6, 6.07) is 13.9. The van der Waals surface area contributed by atoms with E-state index < -0.39 is 21.9 Å². The summed E-state index contributed by atoms with van der Waals surface area (Å²) in [7, 11) is -3.88. The van der Waals surface area contributed by atoms with Crippen LogP contribution in [-0.2, 0) is 16.5 Å². The number of carbonyl (C=O) groups excluding carboxylic acids is 2. The van der Waals surface area contributed by atoms with Crippen molar-refractivity contribution in [3.05, 3.63) is 71.4 Å². The first kappa shape index (κ1) is 28.4. The molecule has 0 saturated carbocycles. The Bertz CT molecular complexity index is 1400. The first-order chi connectivity index (χ1) is 17.9. The van der Waals surface area contributed by atoms with Gasteiger partial charge in [0.2, 0.25) is 5.95 Å². The molecule has 3 rings (SSSR count). The van der Waals surface area contributed by atoms with E-state index in [-0.39, 0.29) is 40.6 Å². The topological polar surface area (TPSA) is 165 Å². The monoisotopic (exact) mass is 540 g/mol. The minimum atomic E-state index is -3.88. The number of carbonyl (C=O) groups is 2. The number of hydrogen-bond donors (Lipinski definition) is 4. The van der Waals surface area contributed by atoms with Crippen LogP contribution in [0.1, 0.15) is 47.1 Å². The summed E-state index contributed by atoms with van der Waals surface area (Å²) >= 11 is 0. The van der Waals surface area contributed by atoms with E-state index in [1.807, 2.05) is 51.1 Å². The van der Waals surface area contributed by atoms with Gasteiger partial charge in [0.1, 0.15) is 5.82 Å². The van der Waals surface area contributed by atoms with Gasteiger partial charge in [-0.05, 0) is 43.0 Å². The lowest BCUT2D eigenvalue weighted by atomic mass is 10.1. The Morgan fingerprint density at radius 1 is 1.05 bits per heavy atom. The summed E-state index contributed by atoms with van der Waals surface area (Å²) in [5.41, 5.74) is 7.07. The predicted octanol–water partition coefficient (Wildman–Crippen LogP) is 3.09. The molecular formula is C26H32N6O5S. The molecule has 0 fully saturated rings. The minimum Gasteiger partial charge on any atom is -0.382 e. The van der Waals surface area contributed by atoms with Crippen LogP contribution in [-0.4, -0.2) is 49.0 Å². The van der Waals surface area contributed by atoms with Gasteiger partial charge in [-0.3, -0.25) is 9.59 Å². The number of aromatic nitrogens is 2. The Kier molecular flexibility index (Phi) is 9.24. The number of nitrogens with two attached hydrogens (primary N) is 1. The Morgan fingerprint density at radius 3 is 2.39 bits per heavy atom. The molecule has 1 aromatic heterocycles. The van der Waals surface area contributed by atoms with Crippen LogP contribution in [0.3, 0.4) is 0 Å². The summed E-state index contributed by atoms with van der Waals surface area (Å²) in [5.74, 6) is -0.637. The molecule has 5 N–H and O–H groups in total. The van der Waals surface area contributed by atoms with E-state index in [0.29, 0.717) is 18.7 Å². The molecule has 0 radical (unpaired) electrons. The summed E-state index contributed by atoms with van der Waals surface area (Å²) in [4.78, 5) is 33.4. The van der Waals surface area contributed by atoms with Crippen LogP contribution in [0.25, 0.3) is 0 Å². The Balaban J connectivity index is 1.86. The second kappa shape index (κ2) is 12.4. The zero-order chi connectivity index (χ0) is 27.9. The Morgan fingerprint density at radius 2 is 1.76 bits per heavy atom. The summed E-state index contributed by atoms with van der Waals surface area (Å²) in [5, 5.41) is 8.95. The minimum absolute atomic E-state index is 0.00513. The highest BCUT2D eigenvalue weighted by atomic mass is 32.2. The van der Waals surface area contributed by atoms with Gasteiger partial charge in [0, 0.05) is 24.5 Å². The molecule has 0 aliphatic rings. The molecule has 2 amide bonds. The van der Waals surface area contributed by atoms with Crippen LogP contribution < -0.4 is 25.9 Å². The van der Waals surface area contributed by atoms with Gasteiger partial charge in [0.25, 0.3) is 11.8 Å². The first-order valence-electron chi connectivity index (χ1n) is 12.0. The smallest absolute Gasteiger partial charge is 0.306 e. The van der Waals surface area contributed by atoms with E-state index in [1.165, 1.54) is 24.4 Å².